The zero-order valence-electron chi connectivity index (χ0n) is 15.0. The first kappa shape index (κ1) is 19.2. The lowest BCUT2D eigenvalue weighted by molar-refractivity contribution is -0.143. The lowest BCUT2D eigenvalue weighted by Gasteiger charge is -2.37. The van der Waals surface area contributed by atoms with E-state index in [2.05, 4.69) is 17.1 Å². The van der Waals surface area contributed by atoms with E-state index in [1.807, 2.05) is 39.0 Å². The molecule has 2 amide bonds. The second-order valence-electron chi connectivity index (χ2n) is 6.10. The molecule has 0 aliphatic carbocycles. The van der Waals surface area contributed by atoms with Gasteiger partial charge in [-0.25, -0.2) is 0 Å². The van der Waals surface area contributed by atoms with Crippen molar-refractivity contribution >= 4 is 35.4 Å². The molecule has 0 aromatic heterocycles. The van der Waals surface area contributed by atoms with Crippen LogP contribution in [0.3, 0.4) is 0 Å². The molecule has 0 N–H and O–H groups in total. The van der Waals surface area contributed by atoms with Gasteiger partial charge in [-0.3, -0.25) is 24.4 Å². The van der Waals surface area contributed by atoms with E-state index in [4.69, 9.17) is 12.2 Å². The van der Waals surface area contributed by atoms with Gasteiger partial charge >= 0.3 is 0 Å². The van der Waals surface area contributed by atoms with E-state index in [0.29, 0.717) is 18.2 Å². The minimum atomic E-state index is -0.870. The van der Waals surface area contributed by atoms with Crippen LogP contribution in [0.2, 0.25) is 0 Å². The molecule has 0 unspecified atom stereocenters. The topological polar surface area (TPSA) is 53.0 Å². The molecule has 5 nitrogen and oxygen atoms in total. The van der Waals surface area contributed by atoms with Gasteiger partial charge in [0.05, 0.1) is 0 Å². The van der Waals surface area contributed by atoms with Crippen molar-refractivity contribution < 1.29 is 9.59 Å². The molecule has 1 atom stereocenters. The smallest absolute Gasteiger partial charge is 0.246 e. The molecule has 2 rings (SSSR count). The quantitative estimate of drug-likeness (QED) is 0.427. The van der Waals surface area contributed by atoms with Crippen molar-refractivity contribution in [2.45, 2.75) is 39.7 Å². The molecule has 1 fully saturated rings. The summed E-state index contributed by atoms with van der Waals surface area (Å²) < 4.78 is 0. The van der Waals surface area contributed by atoms with Crippen LogP contribution in [0.1, 0.15) is 32.8 Å². The van der Waals surface area contributed by atoms with E-state index in [9.17, 15) is 9.59 Å². The first-order valence-corrected chi connectivity index (χ1v) is 9.14. The number of hydrogen-bond donors (Lipinski definition) is 0. The third-order valence-electron chi connectivity index (χ3n) is 4.34. The van der Waals surface area contributed by atoms with Gasteiger partial charge in [-0.05, 0) is 51.4 Å². The van der Waals surface area contributed by atoms with Crippen LogP contribution in [0.15, 0.2) is 35.3 Å². The number of thiocarbonyl (C=S) groups is 1. The average Bonchev–Trinajstić information content (AvgIpc) is 2.61. The first-order chi connectivity index (χ1) is 12.0. The Balaban J connectivity index is 2.03. The SMILES string of the molecule is CCN1C(=O)C(C=N[C@H](C)CCc2ccccc2)C(=O)N(CC)C1=S. The molecule has 25 heavy (non-hydrogen) atoms. The van der Waals surface area contributed by atoms with Crippen LogP contribution in [-0.4, -0.2) is 52.1 Å². The zero-order chi connectivity index (χ0) is 18.4. The molecule has 1 aromatic rings. The molecule has 134 valence electrons. The molecule has 1 aromatic carbocycles. The van der Waals surface area contributed by atoms with Gasteiger partial charge < -0.3 is 0 Å². The maximum Gasteiger partial charge on any atom is 0.246 e. The van der Waals surface area contributed by atoms with E-state index in [1.54, 1.807) is 0 Å². The van der Waals surface area contributed by atoms with Gasteiger partial charge in [0, 0.05) is 25.3 Å². The van der Waals surface area contributed by atoms with Crippen molar-refractivity contribution in [2.75, 3.05) is 13.1 Å². The van der Waals surface area contributed by atoms with Crippen molar-refractivity contribution in [2.24, 2.45) is 10.9 Å². The Morgan fingerprint density at radius 2 is 1.68 bits per heavy atom. The lowest BCUT2D eigenvalue weighted by atomic mass is 10.0. The van der Waals surface area contributed by atoms with Gasteiger partial charge in [-0.15, -0.1) is 0 Å². The maximum atomic E-state index is 12.5. The van der Waals surface area contributed by atoms with E-state index in [0.717, 1.165) is 12.8 Å². The summed E-state index contributed by atoms with van der Waals surface area (Å²) in [6.07, 6.45) is 3.29. The number of benzene rings is 1. The van der Waals surface area contributed by atoms with Crippen LogP contribution in [-0.2, 0) is 16.0 Å². The molecule has 0 saturated carbocycles. The van der Waals surface area contributed by atoms with E-state index >= 15 is 0 Å². The maximum absolute atomic E-state index is 12.5. The third-order valence-corrected chi connectivity index (χ3v) is 4.78. The normalized spacial score (nSPS) is 17.6. The van der Waals surface area contributed by atoms with Crippen LogP contribution in [0.4, 0.5) is 0 Å². The summed E-state index contributed by atoms with van der Waals surface area (Å²) in [4.78, 5) is 32.5. The second kappa shape index (κ2) is 8.85. The van der Waals surface area contributed by atoms with E-state index in [-0.39, 0.29) is 17.9 Å². The number of amides is 2. The van der Waals surface area contributed by atoms with Crippen LogP contribution in [0, 0.1) is 5.92 Å². The Labute approximate surface area is 154 Å². The molecular weight excluding hydrogens is 334 g/mol. The summed E-state index contributed by atoms with van der Waals surface area (Å²) in [5.74, 6) is -1.42. The fourth-order valence-electron chi connectivity index (χ4n) is 2.81. The first-order valence-electron chi connectivity index (χ1n) is 8.73. The number of aliphatic imine (C=N–C) groups is 1. The number of carbonyl (C=O) groups is 2. The van der Waals surface area contributed by atoms with Crippen molar-refractivity contribution in [3.63, 3.8) is 0 Å². The third kappa shape index (κ3) is 4.51. The Hall–Kier alpha value is -2.08. The molecule has 0 bridgehead atoms. The number of hydrogen-bond acceptors (Lipinski definition) is 4. The summed E-state index contributed by atoms with van der Waals surface area (Å²) in [5.41, 5.74) is 1.26. The van der Waals surface area contributed by atoms with Crippen LogP contribution in [0.25, 0.3) is 0 Å². The number of carbonyl (C=O) groups excluding carboxylic acids is 2. The minimum Gasteiger partial charge on any atom is -0.293 e. The molecule has 1 heterocycles. The molecule has 1 aliphatic rings. The minimum absolute atomic E-state index is 0.0415. The molecule has 0 radical (unpaired) electrons. The molecule has 6 heteroatoms. The van der Waals surface area contributed by atoms with E-state index < -0.39 is 5.92 Å². The highest BCUT2D eigenvalue weighted by atomic mass is 32.1. The second-order valence-corrected chi connectivity index (χ2v) is 6.46. The summed E-state index contributed by atoms with van der Waals surface area (Å²) >= 11 is 5.25. The lowest BCUT2D eigenvalue weighted by Crippen LogP contribution is -2.59. The van der Waals surface area contributed by atoms with Crippen molar-refractivity contribution in [3.8, 4) is 0 Å². The van der Waals surface area contributed by atoms with Crippen molar-refractivity contribution in [1.29, 1.82) is 0 Å². The predicted octanol–water partition coefficient (Wildman–Crippen LogP) is 2.69. The standard InChI is InChI=1S/C19H25N3O2S/c1-4-21-17(23)16(18(24)22(5-2)19(21)25)13-20-14(3)11-12-15-9-7-6-8-10-15/h6-10,13-14,16H,4-5,11-12H2,1-3H3/t14-/m1/s1. The van der Waals surface area contributed by atoms with E-state index in [1.165, 1.54) is 21.6 Å². The highest BCUT2D eigenvalue weighted by molar-refractivity contribution is 7.80. The summed E-state index contributed by atoms with van der Waals surface area (Å²) in [6, 6.07) is 10.2. The van der Waals surface area contributed by atoms with Crippen LogP contribution in [0.5, 0.6) is 0 Å². The van der Waals surface area contributed by atoms with Crippen LogP contribution < -0.4 is 0 Å². The molecular formula is C19H25N3O2S. The summed E-state index contributed by atoms with van der Waals surface area (Å²) in [5, 5.41) is 0.293. The number of aryl methyl sites for hydroxylation is 1. The Bertz CT molecular complexity index is 634. The summed E-state index contributed by atoms with van der Waals surface area (Å²) in [7, 11) is 0. The fourth-order valence-corrected chi connectivity index (χ4v) is 3.25. The Morgan fingerprint density at radius 1 is 1.12 bits per heavy atom. The van der Waals surface area contributed by atoms with Crippen molar-refractivity contribution in [1.82, 2.24) is 9.80 Å². The number of nitrogens with zero attached hydrogens (tertiary/aromatic N) is 3. The Kier molecular flexibility index (Phi) is 6.82. The average molecular weight is 359 g/mol. The van der Waals surface area contributed by atoms with Crippen molar-refractivity contribution in [3.05, 3.63) is 35.9 Å². The van der Waals surface area contributed by atoms with Crippen LogP contribution >= 0.6 is 12.2 Å². The fraction of sp³-hybridized carbons (Fsp3) is 0.474. The molecule has 1 saturated heterocycles. The Morgan fingerprint density at radius 3 is 2.20 bits per heavy atom. The highest BCUT2D eigenvalue weighted by Gasteiger charge is 2.41. The monoisotopic (exact) mass is 359 g/mol. The zero-order valence-corrected chi connectivity index (χ0v) is 15.8. The van der Waals surface area contributed by atoms with Gasteiger partial charge in [0.15, 0.2) is 11.0 Å². The van der Waals surface area contributed by atoms with Gasteiger partial charge in [-0.2, -0.15) is 0 Å². The molecule has 1 aliphatic heterocycles. The van der Waals surface area contributed by atoms with Gasteiger partial charge in [0.2, 0.25) is 11.8 Å². The summed E-state index contributed by atoms with van der Waals surface area (Å²) in [6.45, 7) is 6.61. The predicted molar refractivity (Wildman–Crippen MR) is 104 cm³/mol. The largest absolute Gasteiger partial charge is 0.293 e. The number of rotatable bonds is 7. The van der Waals surface area contributed by atoms with Gasteiger partial charge in [0.25, 0.3) is 0 Å². The molecule has 0 spiro atoms. The van der Waals surface area contributed by atoms with Gasteiger partial charge in [0.1, 0.15) is 0 Å². The van der Waals surface area contributed by atoms with Gasteiger partial charge in [-0.1, -0.05) is 30.3 Å². The highest BCUT2D eigenvalue weighted by Crippen LogP contribution is 2.17.